The van der Waals surface area contributed by atoms with E-state index < -0.39 is 4.92 Å². The second kappa shape index (κ2) is 7.73. The minimum Gasteiger partial charge on any atom is -0.320 e. The molecule has 0 bridgehead atoms. The Balaban J connectivity index is 2.06. The minimum atomic E-state index is -0.410. The number of likely N-dealkylation sites (tertiary alicyclic amines) is 1. The number of nitrogens with one attached hydrogen (secondary N) is 1. The first kappa shape index (κ1) is 16.2. The van der Waals surface area contributed by atoms with Crippen LogP contribution < -0.4 is 5.32 Å². The molecular weight excluding hydrogens is 290 g/mol. The van der Waals surface area contributed by atoms with Gasteiger partial charge in [0.25, 0.3) is 5.69 Å². The molecule has 1 heterocycles. The summed E-state index contributed by atoms with van der Waals surface area (Å²) in [5.74, 6) is 0. The molecule has 1 aliphatic rings. The van der Waals surface area contributed by atoms with E-state index in [0.717, 1.165) is 31.6 Å². The van der Waals surface area contributed by atoms with Gasteiger partial charge in [-0.05, 0) is 51.0 Å². The highest BCUT2D eigenvalue weighted by Crippen LogP contribution is 2.27. The van der Waals surface area contributed by atoms with Crippen molar-refractivity contribution < 1.29 is 4.92 Å². The van der Waals surface area contributed by atoms with Crippen LogP contribution in [0.2, 0.25) is 5.02 Å². The number of piperidine rings is 1. The van der Waals surface area contributed by atoms with Crippen LogP contribution in [-0.2, 0) is 6.54 Å². The minimum absolute atomic E-state index is 0.0501. The molecule has 1 aliphatic heterocycles. The third-order valence-electron chi connectivity index (χ3n) is 4.10. The van der Waals surface area contributed by atoms with E-state index in [-0.39, 0.29) is 5.69 Å². The summed E-state index contributed by atoms with van der Waals surface area (Å²) >= 11 is 6.20. The van der Waals surface area contributed by atoms with Gasteiger partial charge in [-0.15, -0.1) is 0 Å². The lowest BCUT2D eigenvalue weighted by Gasteiger charge is -2.36. The SMILES string of the molecule is CNCCC1CCCCN1Cc1ccc([N+](=O)[O-])cc1Cl. The molecular formula is C15H22ClN3O2. The van der Waals surface area contributed by atoms with Crippen molar-refractivity contribution in [2.75, 3.05) is 20.1 Å². The zero-order chi connectivity index (χ0) is 15.2. The monoisotopic (exact) mass is 311 g/mol. The van der Waals surface area contributed by atoms with Crippen LogP contribution in [0, 0.1) is 10.1 Å². The smallest absolute Gasteiger partial charge is 0.270 e. The van der Waals surface area contributed by atoms with Crippen LogP contribution in [0.5, 0.6) is 0 Å². The van der Waals surface area contributed by atoms with Crippen molar-refractivity contribution in [2.45, 2.75) is 38.3 Å². The number of nitro benzene ring substituents is 1. The molecule has 1 saturated heterocycles. The summed E-state index contributed by atoms with van der Waals surface area (Å²) in [6.45, 7) is 2.85. The molecule has 1 unspecified atom stereocenters. The summed E-state index contributed by atoms with van der Waals surface area (Å²) in [6.07, 6.45) is 4.83. The van der Waals surface area contributed by atoms with Gasteiger partial charge in [-0.3, -0.25) is 15.0 Å². The third kappa shape index (κ3) is 4.40. The normalized spacial score (nSPS) is 19.6. The van der Waals surface area contributed by atoms with Gasteiger partial charge in [-0.25, -0.2) is 0 Å². The number of halogens is 1. The second-order valence-electron chi connectivity index (χ2n) is 5.55. The van der Waals surface area contributed by atoms with Crippen molar-refractivity contribution in [2.24, 2.45) is 0 Å². The molecule has 0 amide bonds. The lowest BCUT2D eigenvalue weighted by Crippen LogP contribution is -2.40. The molecule has 116 valence electrons. The fraction of sp³-hybridized carbons (Fsp3) is 0.600. The maximum Gasteiger partial charge on any atom is 0.270 e. The highest BCUT2D eigenvalue weighted by molar-refractivity contribution is 6.31. The molecule has 21 heavy (non-hydrogen) atoms. The van der Waals surface area contributed by atoms with E-state index in [9.17, 15) is 10.1 Å². The molecule has 0 aromatic heterocycles. The van der Waals surface area contributed by atoms with Crippen LogP contribution in [0.15, 0.2) is 18.2 Å². The van der Waals surface area contributed by atoms with Gasteiger partial charge >= 0.3 is 0 Å². The van der Waals surface area contributed by atoms with Crippen molar-refractivity contribution in [3.8, 4) is 0 Å². The summed E-state index contributed by atoms with van der Waals surface area (Å²) in [6, 6.07) is 5.33. The maximum atomic E-state index is 10.8. The average Bonchev–Trinajstić information content (AvgIpc) is 2.48. The molecule has 0 saturated carbocycles. The van der Waals surface area contributed by atoms with Gasteiger partial charge in [0.05, 0.1) is 9.95 Å². The number of rotatable bonds is 6. The van der Waals surface area contributed by atoms with Crippen molar-refractivity contribution in [1.29, 1.82) is 0 Å². The number of hydrogen-bond donors (Lipinski definition) is 1. The number of nitrogens with zero attached hydrogens (tertiary/aromatic N) is 2. The van der Waals surface area contributed by atoms with E-state index in [4.69, 9.17) is 11.6 Å². The van der Waals surface area contributed by atoms with Gasteiger partial charge in [0.2, 0.25) is 0 Å². The molecule has 1 fully saturated rings. The first-order valence-electron chi connectivity index (χ1n) is 7.43. The quantitative estimate of drug-likeness (QED) is 0.647. The Morgan fingerprint density at radius 1 is 1.48 bits per heavy atom. The summed E-state index contributed by atoms with van der Waals surface area (Å²) in [5, 5.41) is 14.4. The number of non-ortho nitro benzene ring substituents is 1. The number of hydrogen-bond acceptors (Lipinski definition) is 4. The summed E-state index contributed by atoms with van der Waals surface area (Å²) in [4.78, 5) is 12.8. The van der Waals surface area contributed by atoms with Gasteiger partial charge < -0.3 is 5.32 Å². The molecule has 1 atom stereocenters. The maximum absolute atomic E-state index is 10.8. The van der Waals surface area contributed by atoms with Crippen molar-refractivity contribution >= 4 is 17.3 Å². The van der Waals surface area contributed by atoms with Crippen LogP contribution in [0.1, 0.15) is 31.2 Å². The first-order chi connectivity index (χ1) is 10.1. The molecule has 0 radical (unpaired) electrons. The summed E-state index contributed by atoms with van der Waals surface area (Å²) < 4.78 is 0. The van der Waals surface area contributed by atoms with Crippen LogP contribution in [0.4, 0.5) is 5.69 Å². The van der Waals surface area contributed by atoms with E-state index in [1.165, 1.54) is 31.4 Å². The van der Waals surface area contributed by atoms with Crippen molar-refractivity contribution in [1.82, 2.24) is 10.2 Å². The second-order valence-corrected chi connectivity index (χ2v) is 5.95. The molecule has 0 spiro atoms. The van der Waals surface area contributed by atoms with E-state index in [1.54, 1.807) is 6.07 Å². The Kier molecular flexibility index (Phi) is 5.96. The average molecular weight is 312 g/mol. The van der Waals surface area contributed by atoms with Gasteiger partial charge in [0, 0.05) is 24.7 Å². The number of nitro groups is 1. The van der Waals surface area contributed by atoms with E-state index in [0.29, 0.717) is 11.1 Å². The largest absolute Gasteiger partial charge is 0.320 e. The lowest BCUT2D eigenvalue weighted by atomic mass is 9.98. The number of benzene rings is 1. The van der Waals surface area contributed by atoms with Gasteiger partial charge in [-0.1, -0.05) is 18.0 Å². The first-order valence-corrected chi connectivity index (χ1v) is 7.81. The molecule has 2 rings (SSSR count). The fourth-order valence-electron chi connectivity index (χ4n) is 2.90. The van der Waals surface area contributed by atoms with E-state index in [2.05, 4.69) is 10.2 Å². The summed E-state index contributed by atoms with van der Waals surface area (Å²) in [5.41, 5.74) is 1.02. The van der Waals surface area contributed by atoms with Gasteiger partial charge in [0.15, 0.2) is 0 Å². The molecule has 6 heteroatoms. The Hall–Kier alpha value is -1.17. The Morgan fingerprint density at radius 2 is 2.29 bits per heavy atom. The van der Waals surface area contributed by atoms with Gasteiger partial charge in [0.1, 0.15) is 0 Å². The topological polar surface area (TPSA) is 58.4 Å². The zero-order valence-electron chi connectivity index (χ0n) is 12.3. The van der Waals surface area contributed by atoms with Crippen LogP contribution in [0.25, 0.3) is 0 Å². The summed E-state index contributed by atoms with van der Waals surface area (Å²) in [7, 11) is 1.97. The highest BCUT2D eigenvalue weighted by Gasteiger charge is 2.23. The third-order valence-corrected chi connectivity index (χ3v) is 4.45. The van der Waals surface area contributed by atoms with Crippen LogP contribution >= 0.6 is 11.6 Å². The van der Waals surface area contributed by atoms with Crippen LogP contribution in [-0.4, -0.2) is 36.0 Å². The van der Waals surface area contributed by atoms with Gasteiger partial charge in [-0.2, -0.15) is 0 Å². The predicted molar refractivity (Wildman–Crippen MR) is 84.7 cm³/mol. The highest BCUT2D eigenvalue weighted by atomic mass is 35.5. The molecule has 1 aromatic carbocycles. The van der Waals surface area contributed by atoms with Crippen LogP contribution in [0.3, 0.4) is 0 Å². The molecule has 1 aromatic rings. The van der Waals surface area contributed by atoms with Crippen molar-refractivity contribution in [3.63, 3.8) is 0 Å². The fourth-order valence-corrected chi connectivity index (χ4v) is 3.14. The Bertz CT molecular complexity index is 496. The lowest BCUT2D eigenvalue weighted by molar-refractivity contribution is -0.384. The Morgan fingerprint density at radius 3 is 2.95 bits per heavy atom. The molecule has 1 N–H and O–H groups in total. The van der Waals surface area contributed by atoms with E-state index >= 15 is 0 Å². The van der Waals surface area contributed by atoms with Crippen molar-refractivity contribution in [3.05, 3.63) is 38.9 Å². The predicted octanol–water partition coefficient (Wildman–Crippen LogP) is 3.21. The molecule has 5 nitrogen and oxygen atoms in total. The zero-order valence-corrected chi connectivity index (χ0v) is 13.1. The Labute approximate surface area is 130 Å². The molecule has 0 aliphatic carbocycles. The standard InChI is InChI=1S/C15H22ClN3O2/c1-17-8-7-13-4-2-3-9-18(13)11-12-5-6-14(19(20)21)10-15(12)16/h5-6,10,13,17H,2-4,7-9,11H2,1H3. The van der Waals surface area contributed by atoms with E-state index in [1.807, 2.05) is 7.05 Å².